The summed E-state index contributed by atoms with van der Waals surface area (Å²) in [6, 6.07) is 15.7. The van der Waals surface area contributed by atoms with Crippen molar-refractivity contribution in [2.75, 3.05) is 28.8 Å². The van der Waals surface area contributed by atoms with Gasteiger partial charge in [-0.3, -0.25) is 19.3 Å². The summed E-state index contributed by atoms with van der Waals surface area (Å²) in [6.07, 6.45) is -0.794. The van der Waals surface area contributed by atoms with Gasteiger partial charge in [-0.15, -0.1) is 0 Å². The van der Waals surface area contributed by atoms with E-state index in [1.54, 1.807) is 82.8 Å². The fourth-order valence-electron chi connectivity index (χ4n) is 6.60. The van der Waals surface area contributed by atoms with Crippen LogP contribution in [0.3, 0.4) is 0 Å². The summed E-state index contributed by atoms with van der Waals surface area (Å²) in [5.74, 6) is -0.650. The SMILES string of the molecule is COc1cc2c(cc1O[Si](C)(C)C(C)(C)C)N(C(=O)OCc1ccc(NC(=O)[C@H](C)NC(=O)[C@@H](NC(=O)OC(C)(C)C)C(C)C)cc1)C[C@@H]1Cc3ccccc3N1C2=O. The van der Waals surface area contributed by atoms with Crippen LogP contribution in [-0.4, -0.2) is 75.6 Å². The number of carbonyl (C=O) groups is 5. The lowest BCUT2D eigenvalue weighted by atomic mass is 10.0. The molecule has 0 bridgehead atoms. The molecule has 14 nitrogen and oxygen atoms in total. The van der Waals surface area contributed by atoms with Crippen molar-refractivity contribution in [3.8, 4) is 11.5 Å². The second-order valence-corrected chi connectivity index (χ2v) is 22.7. The molecule has 0 aromatic heterocycles. The highest BCUT2D eigenvalue weighted by atomic mass is 28.4. The predicted octanol–water partition coefficient (Wildman–Crippen LogP) is 7.80. The molecule has 3 N–H and O–H groups in total. The maximum atomic E-state index is 14.4. The van der Waals surface area contributed by atoms with Gasteiger partial charge in [0.05, 0.1) is 30.9 Å². The molecule has 0 saturated heterocycles. The lowest BCUT2D eigenvalue weighted by Gasteiger charge is -2.37. The Kier molecular flexibility index (Phi) is 13.1. The molecule has 0 radical (unpaired) electrons. The maximum Gasteiger partial charge on any atom is 0.414 e. The van der Waals surface area contributed by atoms with Gasteiger partial charge in [0.25, 0.3) is 14.2 Å². The number of amides is 5. The average molecular weight is 830 g/mol. The zero-order valence-corrected chi connectivity index (χ0v) is 37.3. The van der Waals surface area contributed by atoms with Crippen molar-refractivity contribution in [3.05, 3.63) is 77.4 Å². The van der Waals surface area contributed by atoms with Gasteiger partial charge in [-0.2, -0.15) is 0 Å². The van der Waals surface area contributed by atoms with E-state index in [2.05, 4.69) is 49.8 Å². The molecule has 5 rings (SSSR count). The fraction of sp³-hybridized carbons (Fsp3) is 0.477. The van der Waals surface area contributed by atoms with Crippen molar-refractivity contribution in [3.63, 3.8) is 0 Å². The van der Waals surface area contributed by atoms with Crippen molar-refractivity contribution in [1.82, 2.24) is 10.6 Å². The van der Waals surface area contributed by atoms with Gasteiger partial charge in [-0.05, 0) is 93.6 Å². The number of nitrogens with one attached hydrogen (secondary N) is 3. The molecule has 0 spiro atoms. The first kappa shape index (κ1) is 44.5. The molecular weight excluding hydrogens is 771 g/mol. The summed E-state index contributed by atoms with van der Waals surface area (Å²) < 4.78 is 23.7. The van der Waals surface area contributed by atoms with E-state index in [-0.39, 0.29) is 36.1 Å². The zero-order chi connectivity index (χ0) is 43.6. The Balaban J connectivity index is 1.30. The van der Waals surface area contributed by atoms with Crippen molar-refractivity contribution in [1.29, 1.82) is 0 Å². The van der Waals surface area contributed by atoms with E-state index in [0.717, 1.165) is 11.3 Å². The Labute approximate surface area is 348 Å². The number of para-hydroxylation sites is 1. The van der Waals surface area contributed by atoms with Crippen LogP contribution in [0.25, 0.3) is 0 Å². The molecule has 2 aliphatic heterocycles. The molecule has 0 unspecified atom stereocenters. The molecule has 2 aliphatic rings. The third-order valence-electron chi connectivity index (χ3n) is 10.8. The van der Waals surface area contributed by atoms with E-state index in [9.17, 15) is 24.0 Å². The third-order valence-corrected chi connectivity index (χ3v) is 15.2. The van der Waals surface area contributed by atoms with Gasteiger partial charge in [0.1, 0.15) is 30.0 Å². The van der Waals surface area contributed by atoms with Crippen LogP contribution in [0.15, 0.2) is 60.7 Å². The number of carbonyl (C=O) groups excluding carboxylic acids is 5. The van der Waals surface area contributed by atoms with Gasteiger partial charge < -0.3 is 39.5 Å². The molecule has 3 aromatic rings. The number of hydrogen-bond acceptors (Lipinski definition) is 9. The Morgan fingerprint density at radius 3 is 2.14 bits per heavy atom. The fourth-order valence-corrected chi connectivity index (χ4v) is 7.62. The van der Waals surface area contributed by atoms with Crippen LogP contribution < -0.4 is 34.9 Å². The quantitative estimate of drug-likeness (QED) is 0.164. The van der Waals surface area contributed by atoms with E-state index in [4.69, 9.17) is 18.6 Å². The van der Waals surface area contributed by atoms with Crippen LogP contribution in [0.2, 0.25) is 18.1 Å². The highest BCUT2D eigenvalue weighted by Gasteiger charge is 2.44. The molecule has 318 valence electrons. The Bertz CT molecular complexity index is 2070. The number of fused-ring (bicyclic) bond motifs is 4. The number of alkyl carbamates (subject to hydrolysis) is 1. The van der Waals surface area contributed by atoms with Crippen molar-refractivity contribution >= 4 is 55.3 Å². The molecule has 3 atom stereocenters. The van der Waals surface area contributed by atoms with Crippen LogP contribution in [0, 0.1) is 5.92 Å². The van der Waals surface area contributed by atoms with E-state index in [1.165, 1.54) is 12.0 Å². The summed E-state index contributed by atoms with van der Waals surface area (Å²) in [4.78, 5) is 70.2. The smallest absolute Gasteiger partial charge is 0.414 e. The summed E-state index contributed by atoms with van der Waals surface area (Å²) in [6.45, 7) is 21.0. The highest BCUT2D eigenvalue weighted by Crippen LogP contribution is 2.45. The molecule has 2 heterocycles. The summed E-state index contributed by atoms with van der Waals surface area (Å²) >= 11 is 0. The summed E-state index contributed by atoms with van der Waals surface area (Å²) in [5, 5.41) is 7.91. The first-order chi connectivity index (χ1) is 27.5. The topological polar surface area (TPSA) is 165 Å². The van der Waals surface area contributed by atoms with E-state index >= 15 is 0 Å². The third kappa shape index (κ3) is 10.4. The van der Waals surface area contributed by atoms with Gasteiger partial charge in [-0.25, -0.2) is 9.59 Å². The van der Waals surface area contributed by atoms with E-state index < -0.39 is 50.0 Å². The molecule has 3 aromatic carbocycles. The minimum absolute atomic E-state index is 0.0847. The Morgan fingerprint density at radius 2 is 1.53 bits per heavy atom. The molecule has 0 aliphatic carbocycles. The average Bonchev–Trinajstić information content (AvgIpc) is 3.46. The van der Waals surface area contributed by atoms with Crippen LogP contribution in [0.4, 0.5) is 26.7 Å². The lowest BCUT2D eigenvalue weighted by molar-refractivity contribution is -0.128. The van der Waals surface area contributed by atoms with Gasteiger partial charge in [0.15, 0.2) is 5.75 Å². The minimum Gasteiger partial charge on any atom is -0.541 e. The molecule has 59 heavy (non-hydrogen) atoms. The first-order valence-corrected chi connectivity index (χ1v) is 22.9. The zero-order valence-electron chi connectivity index (χ0n) is 36.3. The van der Waals surface area contributed by atoms with Gasteiger partial charge >= 0.3 is 12.2 Å². The van der Waals surface area contributed by atoms with Crippen molar-refractivity contribution in [2.45, 2.75) is 117 Å². The molecule has 5 amide bonds. The number of hydrogen-bond donors (Lipinski definition) is 3. The normalized spacial score (nSPS) is 16.2. The summed E-state index contributed by atoms with van der Waals surface area (Å²) in [5.41, 5.74) is 2.88. The number of nitrogens with zero attached hydrogens (tertiary/aromatic N) is 2. The second kappa shape index (κ2) is 17.3. The Hall–Kier alpha value is -5.57. The molecule has 0 saturated carbocycles. The lowest BCUT2D eigenvalue weighted by Crippen LogP contribution is -2.54. The monoisotopic (exact) mass is 829 g/mol. The van der Waals surface area contributed by atoms with E-state index in [1.807, 2.05) is 24.3 Å². The largest absolute Gasteiger partial charge is 0.541 e. The number of rotatable bonds is 11. The predicted molar refractivity (Wildman–Crippen MR) is 230 cm³/mol. The number of benzene rings is 3. The maximum absolute atomic E-state index is 14.4. The van der Waals surface area contributed by atoms with Crippen molar-refractivity contribution < 1.29 is 42.6 Å². The van der Waals surface area contributed by atoms with Crippen molar-refractivity contribution in [2.24, 2.45) is 5.92 Å². The minimum atomic E-state index is -2.37. The van der Waals surface area contributed by atoms with E-state index in [0.29, 0.717) is 40.4 Å². The summed E-state index contributed by atoms with van der Waals surface area (Å²) in [7, 11) is -0.834. The second-order valence-electron chi connectivity index (χ2n) is 18.0. The standard InChI is InChI=1S/C44H59N5O9Si/c1-26(2)37(47-41(53)57-43(4,5)6)39(51)45-27(3)38(50)46-30-19-17-28(18-20-30)25-56-42(54)48-24-31-21-29-15-13-14-16-33(29)49(31)40(52)32-22-35(55-10)36(23-34(32)48)58-59(11,12)44(7,8)9/h13-20,22-23,26-27,31,37H,21,24-25H2,1-12H3,(H,45,51)(H,46,50)(H,47,53)/t27-,31-,37-/m0/s1. The van der Waals surface area contributed by atoms with Crippen LogP contribution in [-0.2, 0) is 32.1 Å². The molecular formula is C44H59N5O9Si. The van der Waals surface area contributed by atoms with Gasteiger partial charge in [-0.1, -0.05) is 65.0 Å². The van der Waals surface area contributed by atoms with Crippen LogP contribution >= 0.6 is 0 Å². The van der Waals surface area contributed by atoms with Crippen LogP contribution in [0.1, 0.15) is 83.8 Å². The molecule has 0 fully saturated rings. The van der Waals surface area contributed by atoms with Crippen LogP contribution in [0.5, 0.6) is 11.5 Å². The Morgan fingerprint density at radius 1 is 0.864 bits per heavy atom. The first-order valence-electron chi connectivity index (χ1n) is 20.0. The number of anilines is 3. The highest BCUT2D eigenvalue weighted by molar-refractivity contribution is 6.74. The number of methoxy groups -OCH3 is 1. The molecule has 15 heteroatoms. The van der Waals surface area contributed by atoms with Gasteiger partial charge in [0, 0.05) is 17.4 Å². The van der Waals surface area contributed by atoms with Gasteiger partial charge in [0.2, 0.25) is 11.8 Å². The number of ether oxygens (including phenoxy) is 3.